The molecule has 2 heterocycles. The summed E-state index contributed by atoms with van der Waals surface area (Å²) in [5, 5.41) is 1.27. The summed E-state index contributed by atoms with van der Waals surface area (Å²) in [5.41, 5.74) is 2.40. The number of nitrogens with zero attached hydrogens (tertiary/aromatic N) is 1. The molecule has 2 rings (SSSR count). The minimum Gasteiger partial charge on any atom is -0.346 e. The lowest BCUT2D eigenvalue weighted by Crippen LogP contribution is -1.96. The van der Waals surface area contributed by atoms with Crippen molar-refractivity contribution in [2.24, 2.45) is 5.92 Å². The van der Waals surface area contributed by atoms with Crippen LogP contribution in [0.25, 0.3) is 11.0 Å². The zero-order valence-electron chi connectivity index (χ0n) is 8.75. The van der Waals surface area contributed by atoms with Gasteiger partial charge in [0.25, 0.3) is 0 Å². The Morgan fingerprint density at radius 2 is 2.36 bits per heavy atom. The summed E-state index contributed by atoms with van der Waals surface area (Å²) in [4.78, 5) is 7.49. The number of aromatic amines is 1. The van der Waals surface area contributed by atoms with Gasteiger partial charge in [0.15, 0.2) is 0 Å². The van der Waals surface area contributed by atoms with Crippen LogP contribution in [-0.4, -0.2) is 9.97 Å². The molecule has 0 spiro atoms. The number of aromatic nitrogens is 2. The summed E-state index contributed by atoms with van der Waals surface area (Å²) in [7, 11) is 0. The molecule has 0 saturated carbocycles. The van der Waals surface area contributed by atoms with Crippen LogP contribution in [0.4, 0.5) is 0 Å². The maximum Gasteiger partial charge on any atom is 0.137 e. The minimum absolute atomic E-state index is 0.745. The summed E-state index contributed by atoms with van der Waals surface area (Å²) in [6.45, 7) is 4.52. The Morgan fingerprint density at radius 3 is 3.14 bits per heavy atom. The molecule has 0 radical (unpaired) electrons. The fourth-order valence-electron chi connectivity index (χ4n) is 1.70. The fraction of sp³-hybridized carbons (Fsp3) is 0.417. The van der Waals surface area contributed by atoms with Crippen LogP contribution < -0.4 is 0 Å². The van der Waals surface area contributed by atoms with Crippen molar-refractivity contribution in [3.8, 4) is 0 Å². The molecule has 0 bridgehead atoms. The zero-order chi connectivity index (χ0) is 9.97. The first-order chi connectivity index (χ1) is 6.81. The summed E-state index contributed by atoms with van der Waals surface area (Å²) in [6, 6.07) is 4.13. The maximum atomic E-state index is 4.28. The monoisotopic (exact) mass is 188 g/mol. The second kappa shape index (κ2) is 3.82. The molecule has 74 valence electrons. The Kier molecular flexibility index (Phi) is 2.53. The second-order valence-corrected chi connectivity index (χ2v) is 3.93. The standard InChI is InChI=1S/C12H16N2/c1-3-9(2)7-10-8-14-12-11(10)5-4-6-13-12/h4-6,8-9H,3,7H2,1-2H3,(H,13,14). The van der Waals surface area contributed by atoms with Gasteiger partial charge in [0.2, 0.25) is 0 Å². The number of hydrogen-bond acceptors (Lipinski definition) is 1. The second-order valence-electron chi connectivity index (χ2n) is 3.93. The van der Waals surface area contributed by atoms with Crippen LogP contribution in [0.1, 0.15) is 25.8 Å². The molecule has 2 aromatic rings. The third-order valence-corrected chi connectivity index (χ3v) is 2.80. The number of fused-ring (bicyclic) bond motifs is 1. The van der Waals surface area contributed by atoms with E-state index in [4.69, 9.17) is 0 Å². The Bertz CT molecular complexity index is 417. The minimum atomic E-state index is 0.745. The van der Waals surface area contributed by atoms with Crippen LogP contribution >= 0.6 is 0 Å². The predicted octanol–water partition coefficient (Wildman–Crippen LogP) is 3.15. The molecule has 0 aromatic carbocycles. The van der Waals surface area contributed by atoms with Gasteiger partial charge in [0.1, 0.15) is 5.65 Å². The highest BCUT2D eigenvalue weighted by molar-refractivity contribution is 5.79. The van der Waals surface area contributed by atoms with E-state index < -0.39 is 0 Å². The van der Waals surface area contributed by atoms with E-state index in [-0.39, 0.29) is 0 Å². The van der Waals surface area contributed by atoms with Crippen molar-refractivity contribution in [2.75, 3.05) is 0 Å². The number of rotatable bonds is 3. The van der Waals surface area contributed by atoms with E-state index in [0.29, 0.717) is 0 Å². The van der Waals surface area contributed by atoms with Gasteiger partial charge in [-0.25, -0.2) is 4.98 Å². The van der Waals surface area contributed by atoms with E-state index >= 15 is 0 Å². The summed E-state index contributed by atoms with van der Waals surface area (Å²) < 4.78 is 0. The Balaban J connectivity index is 2.33. The molecule has 0 aliphatic heterocycles. The average molecular weight is 188 g/mol. The van der Waals surface area contributed by atoms with Crippen LogP contribution in [-0.2, 0) is 6.42 Å². The lowest BCUT2D eigenvalue weighted by atomic mass is 9.99. The first kappa shape index (κ1) is 9.25. The third-order valence-electron chi connectivity index (χ3n) is 2.80. The highest BCUT2D eigenvalue weighted by atomic mass is 14.8. The van der Waals surface area contributed by atoms with Gasteiger partial charge in [-0.15, -0.1) is 0 Å². The van der Waals surface area contributed by atoms with Gasteiger partial charge in [-0.1, -0.05) is 20.3 Å². The van der Waals surface area contributed by atoms with Crippen molar-refractivity contribution >= 4 is 11.0 Å². The largest absolute Gasteiger partial charge is 0.346 e. The van der Waals surface area contributed by atoms with Crippen molar-refractivity contribution in [3.05, 3.63) is 30.1 Å². The van der Waals surface area contributed by atoms with Gasteiger partial charge in [-0.05, 0) is 30.0 Å². The fourth-order valence-corrected chi connectivity index (χ4v) is 1.70. The molecule has 0 aliphatic rings. The van der Waals surface area contributed by atoms with E-state index in [1.54, 1.807) is 0 Å². The van der Waals surface area contributed by atoms with Gasteiger partial charge < -0.3 is 4.98 Å². The highest BCUT2D eigenvalue weighted by Gasteiger charge is 2.06. The molecule has 0 saturated heterocycles. The van der Waals surface area contributed by atoms with Crippen molar-refractivity contribution in [1.82, 2.24) is 9.97 Å². The first-order valence-electron chi connectivity index (χ1n) is 5.22. The lowest BCUT2D eigenvalue weighted by Gasteiger charge is -2.06. The van der Waals surface area contributed by atoms with Crippen LogP contribution in [0, 0.1) is 5.92 Å². The van der Waals surface area contributed by atoms with Crippen molar-refractivity contribution < 1.29 is 0 Å². The molecule has 2 nitrogen and oxygen atoms in total. The van der Waals surface area contributed by atoms with Gasteiger partial charge in [-0.3, -0.25) is 0 Å². The van der Waals surface area contributed by atoms with E-state index in [1.165, 1.54) is 17.4 Å². The van der Waals surface area contributed by atoms with Crippen molar-refractivity contribution in [3.63, 3.8) is 0 Å². The maximum absolute atomic E-state index is 4.28. The molecule has 2 heteroatoms. The normalized spacial score (nSPS) is 13.3. The van der Waals surface area contributed by atoms with Gasteiger partial charge in [0, 0.05) is 17.8 Å². The topological polar surface area (TPSA) is 28.7 Å². The van der Waals surface area contributed by atoms with Crippen LogP contribution in [0.15, 0.2) is 24.5 Å². The summed E-state index contributed by atoms with van der Waals surface area (Å²) in [5.74, 6) is 0.745. The van der Waals surface area contributed by atoms with E-state index in [2.05, 4.69) is 36.1 Å². The van der Waals surface area contributed by atoms with Crippen molar-refractivity contribution in [1.29, 1.82) is 0 Å². The summed E-state index contributed by atoms with van der Waals surface area (Å²) in [6.07, 6.45) is 6.28. The van der Waals surface area contributed by atoms with Crippen molar-refractivity contribution in [2.45, 2.75) is 26.7 Å². The Labute approximate surface area is 84.4 Å². The van der Waals surface area contributed by atoms with E-state index in [9.17, 15) is 0 Å². The zero-order valence-corrected chi connectivity index (χ0v) is 8.75. The molecular weight excluding hydrogens is 172 g/mol. The van der Waals surface area contributed by atoms with E-state index in [0.717, 1.165) is 18.0 Å². The molecule has 14 heavy (non-hydrogen) atoms. The van der Waals surface area contributed by atoms with Crippen LogP contribution in [0.2, 0.25) is 0 Å². The molecule has 1 atom stereocenters. The summed E-state index contributed by atoms with van der Waals surface area (Å²) >= 11 is 0. The SMILES string of the molecule is CCC(C)Cc1c[nH]c2ncccc12. The quantitative estimate of drug-likeness (QED) is 0.787. The molecular formula is C12H16N2. The Hall–Kier alpha value is -1.31. The smallest absolute Gasteiger partial charge is 0.137 e. The van der Waals surface area contributed by atoms with E-state index in [1.807, 2.05) is 12.3 Å². The third kappa shape index (κ3) is 1.65. The molecule has 0 amide bonds. The van der Waals surface area contributed by atoms with Crippen LogP contribution in [0.3, 0.4) is 0 Å². The first-order valence-corrected chi connectivity index (χ1v) is 5.22. The average Bonchev–Trinajstić information content (AvgIpc) is 2.62. The van der Waals surface area contributed by atoms with Gasteiger partial charge >= 0.3 is 0 Å². The molecule has 1 unspecified atom stereocenters. The van der Waals surface area contributed by atoms with Gasteiger partial charge in [-0.2, -0.15) is 0 Å². The Morgan fingerprint density at radius 1 is 1.50 bits per heavy atom. The number of hydrogen-bond donors (Lipinski definition) is 1. The number of pyridine rings is 1. The molecule has 0 fully saturated rings. The number of H-pyrrole nitrogens is 1. The lowest BCUT2D eigenvalue weighted by molar-refractivity contribution is 0.562. The predicted molar refractivity (Wildman–Crippen MR) is 59.3 cm³/mol. The molecule has 2 aromatic heterocycles. The number of nitrogens with one attached hydrogen (secondary N) is 1. The van der Waals surface area contributed by atoms with Crippen LogP contribution in [0.5, 0.6) is 0 Å². The molecule has 1 N–H and O–H groups in total. The molecule has 0 aliphatic carbocycles. The van der Waals surface area contributed by atoms with Gasteiger partial charge in [0.05, 0.1) is 0 Å². The highest BCUT2D eigenvalue weighted by Crippen LogP contribution is 2.19.